The van der Waals surface area contributed by atoms with Gasteiger partial charge in [-0.25, -0.2) is 4.79 Å². The molecule has 0 N–H and O–H groups in total. The fourth-order valence-electron chi connectivity index (χ4n) is 3.41. The number of hydrogen-bond acceptors (Lipinski definition) is 5. The molecule has 0 radical (unpaired) electrons. The molecule has 1 heterocycles. The summed E-state index contributed by atoms with van der Waals surface area (Å²) in [6.45, 7) is 5.18. The monoisotopic (exact) mass is 397 g/mol. The molecule has 1 aliphatic heterocycles. The van der Waals surface area contributed by atoms with E-state index in [4.69, 9.17) is 15.3 Å². The number of esters is 1. The summed E-state index contributed by atoms with van der Waals surface area (Å²) in [6.07, 6.45) is 4.38. The molecular weight excluding hydrogens is 374 g/mol. The first-order valence-corrected chi connectivity index (χ1v) is 9.84. The molecule has 0 spiro atoms. The Morgan fingerprint density at radius 2 is 1.67 bits per heavy atom. The third-order valence-corrected chi connectivity index (χ3v) is 4.94. The molecular formula is C25H23N3O2. The van der Waals surface area contributed by atoms with Crippen LogP contribution in [0.3, 0.4) is 0 Å². The lowest BCUT2D eigenvalue weighted by molar-refractivity contribution is -0.130. The Morgan fingerprint density at radius 1 is 1.00 bits per heavy atom. The summed E-state index contributed by atoms with van der Waals surface area (Å²) in [6, 6.07) is 18.0. The van der Waals surface area contributed by atoms with E-state index in [2.05, 4.69) is 18.2 Å². The second-order valence-corrected chi connectivity index (χ2v) is 7.21. The van der Waals surface area contributed by atoms with Crippen LogP contribution in [0.5, 0.6) is 0 Å². The summed E-state index contributed by atoms with van der Waals surface area (Å²) < 4.78 is 5.49. The molecule has 0 fully saturated rings. The van der Waals surface area contributed by atoms with Crippen molar-refractivity contribution in [2.45, 2.75) is 26.7 Å². The number of rotatable bonds is 7. The molecule has 0 amide bonds. The van der Waals surface area contributed by atoms with Crippen molar-refractivity contribution < 1.29 is 9.53 Å². The van der Waals surface area contributed by atoms with Gasteiger partial charge >= 0.3 is 5.97 Å². The van der Waals surface area contributed by atoms with Crippen LogP contribution in [0.4, 0.5) is 5.69 Å². The molecule has 0 bridgehead atoms. The molecule has 5 heteroatoms. The predicted octanol–water partition coefficient (Wildman–Crippen LogP) is 4.92. The molecule has 0 saturated heterocycles. The molecule has 3 rings (SSSR count). The lowest BCUT2D eigenvalue weighted by atomic mass is 10.0. The SMILES string of the molecule is Cc1ccc(C2=CC(=Cc3ccc(N(CCC#N)CCC#N)cc3)C(=O)O2)c(C)c1. The van der Waals surface area contributed by atoms with Crippen LogP contribution in [0.15, 0.2) is 54.1 Å². The molecule has 0 atom stereocenters. The first-order chi connectivity index (χ1) is 14.5. The average molecular weight is 397 g/mol. The highest BCUT2D eigenvalue weighted by molar-refractivity contribution is 6.05. The van der Waals surface area contributed by atoms with Crippen LogP contribution in [0.2, 0.25) is 0 Å². The van der Waals surface area contributed by atoms with Crippen LogP contribution in [0.25, 0.3) is 11.8 Å². The fraction of sp³-hybridized carbons (Fsp3) is 0.240. The molecule has 30 heavy (non-hydrogen) atoms. The summed E-state index contributed by atoms with van der Waals surface area (Å²) in [4.78, 5) is 14.4. The standard InChI is InChI=1S/C25H23N3O2/c1-18-5-10-23(19(2)15-18)24-17-21(25(29)30-24)16-20-6-8-22(9-7-20)28(13-3-11-26)14-4-12-27/h5-10,15-17H,3-4,13-14H2,1-2H3. The zero-order chi connectivity index (χ0) is 21.5. The van der Waals surface area contributed by atoms with E-state index in [1.807, 2.05) is 55.1 Å². The van der Waals surface area contributed by atoms with Crippen LogP contribution in [0.1, 0.15) is 35.1 Å². The first-order valence-electron chi connectivity index (χ1n) is 9.84. The molecule has 0 saturated carbocycles. The Morgan fingerprint density at radius 3 is 2.27 bits per heavy atom. The highest BCUT2D eigenvalue weighted by Gasteiger charge is 2.23. The third kappa shape index (κ3) is 4.96. The van der Waals surface area contributed by atoms with Crippen molar-refractivity contribution in [1.82, 2.24) is 0 Å². The number of carbonyl (C=O) groups is 1. The van der Waals surface area contributed by atoms with E-state index in [-0.39, 0.29) is 5.97 Å². The molecule has 0 aliphatic carbocycles. The van der Waals surface area contributed by atoms with Gasteiger partial charge in [-0.1, -0.05) is 35.9 Å². The fourth-order valence-corrected chi connectivity index (χ4v) is 3.41. The summed E-state index contributed by atoms with van der Waals surface area (Å²) >= 11 is 0. The van der Waals surface area contributed by atoms with Crippen LogP contribution in [-0.2, 0) is 9.53 Å². The maximum atomic E-state index is 12.3. The normalized spacial score (nSPS) is 14.1. The van der Waals surface area contributed by atoms with E-state index in [1.54, 1.807) is 12.2 Å². The zero-order valence-electron chi connectivity index (χ0n) is 17.2. The van der Waals surface area contributed by atoms with Gasteiger partial charge in [0.15, 0.2) is 0 Å². The molecule has 0 unspecified atom stereocenters. The highest BCUT2D eigenvalue weighted by Crippen LogP contribution is 2.30. The van der Waals surface area contributed by atoms with E-state index < -0.39 is 0 Å². The second kappa shape index (κ2) is 9.58. The Hall–Kier alpha value is -3.83. The number of nitrogens with zero attached hydrogens (tertiary/aromatic N) is 3. The molecule has 2 aromatic rings. The van der Waals surface area contributed by atoms with Crippen LogP contribution >= 0.6 is 0 Å². The highest BCUT2D eigenvalue weighted by atomic mass is 16.5. The van der Waals surface area contributed by atoms with E-state index in [0.29, 0.717) is 37.3 Å². The number of nitriles is 2. The smallest absolute Gasteiger partial charge is 0.343 e. The maximum Gasteiger partial charge on any atom is 0.343 e. The number of carbonyl (C=O) groups excluding carboxylic acids is 1. The maximum absolute atomic E-state index is 12.3. The Labute approximate surface area is 177 Å². The van der Waals surface area contributed by atoms with Gasteiger partial charge in [0.25, 0.3) is 0 Å². The number of cyclic esters (lactones) is 1. The van der Waals surface area contributed by atoms with Crippen molar-refractivity contribution in [2.75, 3.05) is 18.0 Å². The van der Waals surface area contributed by atoms with Crippen molar-refractivity contribution in [3.63, 3.8) is 0 Å². The van der Waals surface area contributed by atoms with Gasteiger partial charge in [-0.15, -0.1) is 0 Å². The lowest BCUT2D eigenvalue weighted by Crippen LogP contribution is -2.25. The number of aryl methyl sites for hydroxylation is 2. The van der Waals surface area contributed by atoms with E-state index in [9.17, 15) is 4.79 Å². The third-order valence-electron chi connectivity index (χ3n) is 4.94. The summed E-state index contributed by atoms with van der Waals surface area (Å²) in [5, 5.41) is 17.7. The van der Waals surface area contributed by atoms with E-state index in [0.717, 1.165) is 27.9 Å². The minimum atomic E-state index is -0.362. The zero-order valence-corrected chi connectivity index (χ0v) is 17.2. The predicted molar refractivity (Wildman–Crippen MR) is 117 cm³/mol. The van der Waals surface area contributed by atoms with Crippen molar-refractivity contribution in [3.8, 4) is 12.1 Å². The van der Waals surface area contributed by atoms with Gasteiger partial charge in [0.2, 0.25) is 0 Å². The average Bonchev–Trinajstić information content (AvgIpc) is 3.09. The Kier molecular flexibility index (Phi) is 6.67. The van der Waals surface area contributed by atoms with Crippen LogP contribution < -0.4 is 4.90 Å². The minimum Gasteiger partial charge on any atom is -0.422 e. The first kappa shape index (κ1) is 20.9. The number of benzene rings is 2. The summed E-state index contributed by atoms with van der Waals surface area (Å²) in [7, 11) is 0. The van der Waals surface area contributed by atoms with Crippen LogP contribution in [0, 0.1) is 36.5 Å². The second-order valence-electron chi connectivity index (χ2n) is 7.21. The molecule has 150 valence electrons. The van der Waals surface area contributed by atoms with Crippen LogP contribution in [-0.4, -0.2) is 19.1 Å². The van der Waals surface area contributed by atoms with Crippen molar-refractivity contribution in [3.05, 3.63) is 76.4 Å². The van der Waals surface area contributed by atoms with Gasteiger partial charge in [0, 0.05) is 24.3 Å². The number of ether oxygens (including phenoxy) is 1. The quantitative estimate of drug-likeness (QED) is 0.490. The van der Waals surface area contributed by atoms with Gasteiger partial charge in [-0.3, -0.25) is 0 Å². The Bertz CT molecular complexity index is 1060. The van der Waals surface area contributed by atoms with E-state index in [1.165, 1.54) is 0 Å². The molecule has 0 aromatic heterocycles. The summed E-state index contributed by atoms with van der Waals surface area (Å²) in [5.41, 5.74) is 5.47. The van der Waals surface area contributed by atoms with Crippen molar-refractivity contribution in [2.24, 2.45) is 0 Å². The van der Waals surface area contributed by atoms with Gasteiger partial charge in [-0.05, 0) is 49.3 Å². The van der Waals surface area contributed by atoms with Crippen molar-refractivity contribution in [1.29, 1.82) is 10.5 Å². The van der Waals surface area contributed by atoms with Gasteiger partial charge in [0.05, 0.1) is 30.6 Å². The number of anilines is 1. The topological polar surface area (TPSA) is 77.1 Å². The van der Waals surface area contributed by atoms with E-state index >= 15 is 0 Å². The molecule has 5 nitrogen and oxygen atoms in total. The van der Waals surface area contributed by atoms with Gasteiger partial charge < -0.3 is 9.64 Å². The van der Waals surface area contributed by atoms with Gasteiger partial charge in [0.1, 0.15) is 5.76 Å². The molecule has 2 aromatic carbocycles. The van der Waals surface area contributed by atoms with Gasteiger partial charge in [-0.2, -0.15) is 10.5 Å². The Balaban J connectivity index is 1.81. The lowest BCUT2D eigenvalue weighted by Gasteiger charge is -2.22. The number of hydrogen-bond donors (Lipinski definition) is 0. The minimum absolute atomic E-state index is 0.362. The summed E-state index contributed by atoms with van der Waals surface area (Å²) in [5.74, 6) is 0.207. The molecule has 1 aliphatic rings. The largest absolute Gasteiger partial charge is 0.422 e. The van der Waals surface area contributed by atoms with Crippen molar-refractivity contribution >= 4 is 23.5 Å².